The first-order valence-corrected chi connectivity index (χ1v) is 15.2. The monoisotopic (exact) mass is 589 g/mol. The van der Waals surface area contributed by atoms with E-state index >= 15 is 0 Å². The first kappa shape index (κ1) is 25.1. The zero-order chi connectivity index (χ0) is 30.2. The summed E-state index contributed by atoms with van der Waals surface area (Å²) < 4.78 is 6.75. The maximum Gasteiger partial charge on any atom is 0.204 e. The molecular formula is C39H19N5S. The molecule has 0 amide bonds. The smallest absolute Gasteiger partial charge is 0.204 e. The van der Waals surface area contributed by atoms with E-state index in [0.717, 1.165) is 54.3 Å². The number of hydrogen-bond acceptors (Lipinski definition) is 3. The molecule has 9 rings (SSSR count). The minimum atomic E-state index is 0.582. The van der Waals surface area contributed by atoms with Gasteiger partial charge in [-0.15, -0.1) is 11.3 Å². The fourth-order valence-corrected chi connectivity index (χ4v) is 8.19. The summed E-state index contributed by atoms with van der Waals surface area (Å²) in [5.74, 6) is 0. The molecule has 0 saturated heterocycles. The molecule has 0 fully saturated rings. The molecule has 6 heteroatoms. The average molecular weight is 590 g/mol. The number of nitriles is 2. The van der Waals surface area contributed by atoms with Gasteiger partial charge in [0, 0.05) is 42.3 Å². The molecule has 45 heavy (non-hydrogen) atoms. The van der Waals surface area contributed by atoms with Crippen LogP contribution in [0.25, 0.3) is 80.0 Å². The maximum absolute atomic E-state index is 9.62. The molecule has 0 radical (unpaired) electrons. The topological polar surface area (TPSA) is 61.8 Å². The minimum Gasteiger partial charge on any atom is -0.309 e. The van der Waals surface area contributed by atoms with Gasteiger partial charge in [-0.1, -0.05) is 48.5 Å². The van der Waals surface area contributed by atoms with Gasteiger partial charge in [-0.3, -0.25) is 0 Å². The van der Waals surface area contributed by atoms with E-state index in [0.29, 0.717) is 16.8 Å². The Labute approximate surface area is 261 Å². The second kappa shape index (κ2) is 9.30. The number of fused-ring (bicyclic) bond motifs is 10. The van der Waals surface area contributed by atoms with E-state index in [9.17, 15) is 10.5 Å². The summed E-state index contributed by atoms with van der Waals surface area (Å²) in [6.07, 6.45) is 0. The van der Waals surface area contributed by atoms with Crippen molar-refractivity contribution in [3.8, 4) is 23.5 Å². The van der Waals surface area contributed by atoms with Gasteiger partial charge < -0.3 is 9.13 Å². The molecule has 0 bridgehead atoms. The van der Waals surface area contributed by atoms with Gasteiger partial charge in [0.15, 0.2) is 0 Å². The van der Waals surface area contributed by atoms with Crippen molar-refractivity contribution >= 4 is 80.8 Å². The highest BCUT2D eigenvalue weighted by Gasteiger charge is 2.19. The second-order valence-electron chi connectivity index (χ2n) is 11.1. The molecule has 0 aliphatic heterocycles. The molecule has 0 N–H and O–H groups in total. The van der Waals surface area contributed by atoms with Crippen molar-refractivity contribution in [2.45, 2.75) is 0 Å². The van der Waals surface area contributed by atoms with E-state index in [2.05, 4.69) is 92.8 Å². The molecule has 3 heterocycles. The Morgan fingerprint density at radius 2 is 1.11 bits per heavy atom. The molecule has 206 valence electrons. The lowest BCUT2D eigenvalue weighted by Crippen LogP contribution is -1.98. The molecule has 0 spiro atoms. The number of rotatable bonds is 2. The van der Waals surface area contributed by atoms with Crippen LogP contribution in [-0.2, 0) is 0 Å². The van der Waals surface area contributed by atoms with E-state index < -0.39 is 0 Å². The third-order valence-electron chi connectivity index (χ3n) is 8.77. The standard InChI is InChI=1S/C39H19N5S/c1-42-32-10-5-9-27-28-14-17-36-37(39(28)45-38(27)32)29-8-2-3-11-33(29)44(36)26-7-4-6-25(20-26)43-34-15-12-23(21-40)18-30(34)31-19-24(22-41)13-16-35(31)43/h2-20H. The largest absolute Gasteiger partial charge is 0.309 e. The Kier molecular flexibility index (Phi) is 5.20. The first-order chi connectivity index (χ1) is 22.2. The van der Waals surface area contributed by atoms with Gasteiger partial charge in [0.1, 0.15) is 0 Å². The van der Waals surface area contributed by atoms with Crippen LogP contribution in [0.4, 0.5) is 5.69 Å². The van der Waals surface area contributed by atoms with Crippen molar-refractivity contribution < 1.29 is 0 Å². The van der Waals surface area contributed by atoms with Crippen molar-refractivity contribution in [2.75, 3.05) is 0 Å². The van der Waals surface area contributed by atoms with Crippen LogP contribution >= 0.6 is 11.3 Å². The summed E-state index contributed by atoms with van der Waals surface area (Å²) in [6, 6.07) is 43.4. The number of thiophene rings is 1. The summed E-state index contributed by atoms with van der Waals surface area (Å²) >= 11 is 1.70. The predicted molar refractivity (Wildman–Crippen MR) is 184 cm³/mol. The first-order valence-electron chi connectivity index (χ1n) is 14.4. The molecular weight excluding hydrogens is 571 g/mol. The second-order valence-corrected chi connectivity index (χ2v) is 12.1. The molecule has 9 aromatic rings. The van der Waals surface area contributed by atoms with Crippen LogP contribution in [-0.4, -0.2) is 9.13 Å². The molecule has 0 atom stereocenters. The molecule has 0 saturated carbocycles. The Morgan fingerprint density at radius 1 is 0.533 bits per heavy atom. The van der Waals surface area contributed by atoms with Gasteiger partial charge in [0.05, 0.1) is 51.9 Å². The Balaban J connectivity index is 1.34. The van der Waals surface area contributed by atoms with Crippen LogP contribution in [0.2, 0.25) is 0 Å². The number of aromatic nitrogens is 2. The fraction of sp³-hybridized carbons (Fsp3) is 0. The molecule has 0 aliphatic rings. The van der Waals surface area contributed by atoms with Crippen LogP contribution in [0.15, 0.2) is 115 Å². The zero-order valence-electron chi connectivity index (χ0n) is 23.6. The zero-order valence-corrected chi connectivity index (χ0v) is 24.4. The number of benzene rings is 6. The summed E-state index contributed by atoms with van der Waals surface area (Å²) in [7, 11) is 0. The number of hydrogen-bond donors (Lipinski definition) is 0. The van der Waals surface area contributed by atoms with E-state index in [1.807, 2.05) is 48.5 Å². The van der Waals surface area contributed by atoms with Crippen LogP contribution in [0, 0.1) is 29.2 Å². The van der Waals surface area contributed by atoms with Crippen molar-refractivity contribution in [1.82, 2.24) is 9.13 Å². The van der Waals surface area contributed by atoms with Crippen molar-refractivity contribution in [3.63, 3.8) is 0 Å². The molecule has 0 aliphatic carbocycles. The molecule has 6 aromatic carbocycles. The van der Waals surface area contributed by atoms with Crippen LogP contribution in [0.1, 0.15) is 11.1 Å². The summed E-state index contributed by atoms with van der Waals surface area (Å²) in [4.78, 5) is 3.81. The van der Waals surface area contributed by atoms with Crippen molar-refractivity contribution in [1.29, 1.82) is 10.5 Å². The Hall–Kier alpha value is -6.39. The van der Waals surface area contributed by atoms with E-state index in [-0.39, 0.29) is 0 Å². The van der Waals surface area contributed by atoms with Crippen LogP contribution in [0.5, 0.6) is 0 Å². The molecule has 5 nitrogen and oxygen atoms in total. The van der Waals surface area contributed by atoms with Gasteiger partial charge in [-0.05, 0) is 77.5 Å². The van der Waals surface area contributed by atoms with E-state index in [4.69, 9.17) is 6.57 Å². The summed E-state index contributed by atoms with van der Waals surface area (Å²) in [5.41, 5.74) is 8.03. The van der Waals surface area contributed by atoms with Gasteiger partial charge in [0.25, 0.3) is 0 Å². The van der Waals surface area contributed by atoms with Crippen molar-refractivity contribution in [2.24, 2.45) is 0 Å². The third kappa shape index (κ3) is 3.45. The predicted octanol–water partition coefficient (Wildman–Crippen LogP) is 10.5. The Bertz CT molecular complexity index is 2790. The highest BCUT2D eigenvalue weighted by atomic mass is 32.1. The van der Waals surface area contributed by atoms with Gasteiger partial charge in [0.2, 0.25) is 5.69 Å². The lowest BCUT2D eigenvalue weighted by atomic mass is 10.1. The normalized spacial score (nSPS) is 11.5. The summed E-state index contributed by atoms with van der Waals surface area (Å²) in [5, 5.41) is 25.8. The highest BCUT2D eigenvalue weighted by Crippen LogP contribution is 2.46. The molecule has 0 unspecified atom stereocenters. The van der Waals surface area contributed by atoms with Crippen LogP contribution in [0.3, 0.4) is 0 Å². The lowest BCUT2D eigenvalue weighted by Gasteiger charge is -2.13. The number of para-hydroxylation sites is 1. The molecule has 3 aromatic heterocycles. The van der Waals surface area contributed by atoms with Gasteiger partial charge >= 0.3 is 0 Å². The van der Waals surface area contributed by atoms with E-state index in [1.165, 1.54) is 20.9 Å². The third-order valence-corrected chi connectivity index (χ3v) is 10.0. The fourth-order valence-electron chi connectivity index (χ4n) is 6.87. The van der Waals surface area contributed by atoms with Gasteiger partial charge in [-0.2, -0.15) is 10.5 Å². The van der Waals surface area contributed by atoms with Gasteiger partial charge in [-0.25, -0.2) is 4.85 Å². The summed E-state index contributed by atoms with van der Waals surface area (Å²) in [6.45, 7) is 7.73. The average Bonchev–Trinajstić information content (AvgIpc) is 3.75. The number of nitrogens with zero attached hydrogens (tertiary/aromatic N) is 5. The SMILES string of the molecule is [C-]#[N+]c1cccc2c1sc1c2ccc2c1c1ccccc1n2-c1cccc(-n2c3ccc(C#N)cc3c3cc(C#N)ccc32)c1. The lowest BCUT2D eigenvalue weighted by molar-refractivity contribution is 1.13. The van der Waals surface area contributed by atoms with E-state index in [1.54, 1.807) is 11.3 Å². The Morgan fingerprint density at radius 3 is 1.80 bits per heavy atom. The minimum absolute atomic E-state index is 0.582. The van der Waals surface area contributed by atoms with Crippen molar-refractivity contribution in [3.05, 3.63) is 138 Å². The maximum atomic E-state index is 9.62. The quantitative estimate of drug-likeness (QED) is 0.188. The van der Waals surface area contributed by atoms with Crippen LogP contribution < -0.4 is 0 Å². The highest BCUT2D eigenvalue weighted by molar-refractivity contribution is 7.27.